The van der Waals surface area contributed by atoms with Gasteiger partial charge in [-0.2, -0.15) is 0 Å². The number of hydrogen-bond donors (Lipinski definition) is 1. The third kappa shape index (κ3) is 3.64. The average molecular weight is 292 g/mol. The van der Waals surface area contributed by atoms with Gasteiger partial charge in [-0.1, -0.05) is 19.1 Å². The molecule has 2 rings (SSSR count). The standard InChI is InChI=1S/C18H29FN2/c1-5-10-20-17(15-8-9-16(19)14(2)13-15)18(3,4)21-11-6-7-12-21/h8-9,13,17,20H,5-7,10-12H2,1-4H3. The van der Waals surface area contributed by atoms with Gasteiger partial charge in [-0.15, -0.1) is 0 Å². The molecule has 1 aliphatic rings. The summed E-state index contributed by atoms with van der Waals surface area (Å²) in [6.45, 7) is 12.0. The van der Waals surface area contributed by atoms with Gasteiger partial charge < -0.3 is 5.32 Å². The molecule has 2 nitrogen and oxygen atoms in total. The Bertz CT molecular complexity index is 464. The van der Waals surface area contributed by atoms with E-state index in [9.17, 15) is 4.39 Å². The van der Waals surface area contributed by atoms with Gasteiger partial charge in [0.2, 0.25) is 0 Å². The first-order chi connectivity index (χ1) is 9.96. The minimum absolute atomic E-state index is 0.0376. The van der Waals surface area contributed by atoms with Crippen molar-refractivity contribution in [3.63, 3.8) is 0 Å². The molecule has 118 valence electrons. The van der Waals surface area contributed by atoms with Crippen molar-refractivity contribution in [2.75, 3.05) is 19.6 Å². The third-order valence-electron chi connectivity index (χ3n) is 4.74. The highest BCUT2D eigenvalue weighted by molar-refractivity contribution is 5.29. The van der Waals surface area contributed by atoms with Crippen LogP contribution in [0, 0.1) is 12.7 Å². The third-order valence-corrected chi connectivity index (χ3v) is 4.74. The van der Waals surface area contributed by atoms with Gasteiger partial charge in [-0.3, -0.25) is 4.90 Å². The smallest absolute Gasteiger partial charge is 0.126 e. The summed E-state index contributed by atoms with van der Waals surface area (Å²) in [5, 5.41) is 3.69. The van der Waals surface area contributed by atoms with E-state index in [4.69, 9.17) is 0 Å². The molecule has 1 aromatic rings. The number of likely N-dealkylation sites (tertiary alicyclic amines) is 1. The topological polar surface area (TPSA) is 15.3 Å². The lowest BCUT2D eigenvalue weighted by atomic mass is 9.86. The quantitative estimate of drug-likeness (QED) is 0.851. The minimum atomic E-state index is -0.119. The zero-order valence-electron chi connectivity index (χ0n) is 13.9. The molecule has 0 aromatic heterocycles. The van der Waals surface area contributed by atoms with Crippen LogP contribution in [0.1, 0.15) is 57.2 Å². The lowest BCUT2D eigenvalue weighted by Crippen LogP contribution is -2.51. The van der Waals surface area contributed by atoms with Gasteiger partial charge in [-0.25, -0.2) is 4.39 Å². The van der Waals surface area contributed by atoms with E-state index in [2.05, 4.69) is 31.0 Å². The van der Waals surface area contributed by atoms with Crippen LogP contribution < -0.4 is 5.32 Å². The Labute approximate surface area is 128 Å². The molecular formula is C18H29FN2. The summed E-state index contributed by atoms with van der Waals surface area (Å²) in [5.74, 6) is -0.119. The molecule has 0 saturated carbocycles. The van der Waals surface area contributed by atoms with Crippen LogP contribution in [0.3, 0.4) is 0 Å². The Hall–Kier alpha value is -0.930. The molecule has 21 heavy (non-hydrogen) atoms. The van der Waals surface area contributed by atoms with Crippen molar-refractivity contribution in [3.05, 3.63) is 35.1 Å². The molecule has 1 atom stereocenters. The fourth-order valence-electron chi connectivity index (χ4n) is 3.39. The maximum atomic E-state index is 13.6. The molecule has 1 heterocycles. The number of aryl methyl sites for hydroxylation is 1. The van der Waals surface area contributed by atoms with Crippen LogP contribution >= 0.6 is 0 Å². The molecule has 3 heteroatoms. The zero-order chi connectivity index (χ0) is 15.5. The van der Waals surface area contributed by atoms with Crippen molar-refractivity contribution >= 4 is 0 Å². The fourth-order valence-corrected chi connectivity index (χ4v) is 3.39. The summed E-state index contributed by atoms with van der Waals surface area (Å²) >= 11 is 0. The largest absolute Gasteiger partial charge is 0.308 e. The van der Waals surface area contributed by atoms with E-state index in [1.165, 1.54) is 18.4 Å². The molecule has 0 spiro atoms. The van der Waals surface area contributed by atoms with E-state index in [1.54, 1.807) is 6.07 Å². The number of halogens is 1. The van der Waals surface area contributed by atoms with Crippen LogP contribution in [0.2, 0.25) is 0 Å². The summed E-state index contributed by atoms with van der Waals surface area (Å²) in [7, 11) is 0. The van der Waals surface area contributed by atoms with E-state index in [0.29, 0.717) is 0 Å². The van der Waals surface area contributed by atoms with Crippen molar-refractivity contribution in [1.82, 2.24) is 10.2 Å². The Balaban J connectivity index is 2.29. The maximum absolute atomic E-state index is 13.6. The van der Waals surface area contributed by atoms with E-state index < -0.39 is 0 Å². The molecule has 1 N–H and O–H groups in total. The van der Waals surface area contributed by atoms with Crippen LogP contribution in [0.25, 0.3) is 0 Å². The molecule has 1 aliphatic heterocycles. The number of rotatable bonds is 6. The van der Waals surface area contributed by atoms with Crippen LogP contribution in [0.5, 0.6) is 0 Å². The normalized spacial score (nSPS) is 18.1. The predicted molar refractivity (Wildman–Crippen MR) is 87.1 cm³/mol. The molecule has 0 bridgehead atoms. The SMILES string of the molecule is CCCNC(c1ccc(F)c(C)c1)C(C)(C)N1CCCC1. The van der Waals surface area contributed by atoms with Gasteiger partial charge in [0, 0.05) is 5.54 Å². The van der Waals surface area contributed by atoms with Gasteiger partial charge in [0.05, 0.1) is 6.04 Å². The molecule has 0 radical (unpaired) electrons. The van der Waals surface area contributed by atoms with Gasteiger partial charge in [0.1, 0.15) is 5.82 Å². The van der Waals surface area contributed by atoms with E-state index >= 15 is 0 Å². The van der Waals surface area contributed by atoms with Gasteiger partial charge in [-0.05, 0) is 76.9 Å². The second-order valence-corrected chi connectivity index (χ2v) is 6.74. The van der Waals surface area contributed by atoms with Gasteiger partial charge in [0.25, 0.3) is 0 Å². The second kappa shape index (κ2) is 6.89. The Morgan fingerprint density at radius 2 is 1.95 bits per heavy atom. The molecule has 0 aliphatic carbocycles. The number of nitrogens with one attached hydrogen (secondary N) is 1. The highest BCUT2D eigenvalue weighted by atomic mass is 19.1. The van der Waals surface area contributed by atoms with Crippen LogP contribution in [-0.4, -0.2) is 30.1 Å². The lowest BCUT2D eigenvalue weighted by Gasteiger charge is -2.43. The molecule has 1 fully saturated rings. The minimum Gasteiger partial charge on any atom is -0.308 e. The monoisotopic (exact) mass is 292 g/mol. The molecule has 1 saturated heterocycles. The van der Waals surface area contributed by atoms with Crippen molar-refractivity contribution in [3.8, 4) is 0 Å². The second-order valence-electron chi connectivity index (χ2n) is 6.74. The first-order valence-electron chi connectivity index (χ1n) is 8.21. The van der Waals surface area contributed by atoms with Crippen LogP contribution in [-0.2, 0) is 0 Å². The van der Waals surface area contributed by atoms with Crippen molar-refractivity contribution < 1.29 is 4.39 Å². The summed E-state index contributed by atoms with van der Waals surface area (Å²) in [6, 6.07) is 5.77. The molecule has 0 amide bonds. The van der Waals surface area contributed by atoms with Crippen molar-refractivity contribution in [2.24, 2.45) is 0 Å². The number of benzene rings is 1. The summed E-state index contributed by atoms with van der Waals surface area (Å²) in [4.78, 5) is 2.57. The Kier molecular flexibility index (Phi) is 5.39. The van der Waals surface area contributed by atoms with Crippen LogP contribution in [0.15, 0.2) is 18.2 Å². The number of hydrogen-bond acceptors (Lipinski definition) is 2. The lowest BCUT2D eigenvalue weighted by molar-refractivity contribution is 0.107. The van der Waals surface area contributed by atoms with Gasteiger partial charge in [0.15, 0.2) is 0 Å². The first kappa shape index (κ1) is 16.4. The highest BCUT2D eigenvalue weighted by Crippen LogP contribution is 2.34. The fraction of sp³-hybridized carbons (Fsp3) is 0.667. The Morgan fingerprint density at radius 3 is 2.52 bits per heavy atom. The van der Waals surface area contributed by atoms with E-state index in [1.807, 2.05) is 19.1 Å². The molecule has 1 aromatic carbocycles. The Morgan fingerprint density at radius 1 is 1.29 bits per heavy atom. The van der Waals surface area contributed by atoms with Crippen molar-refractivity contribution in [1.29, 1.82) is 0 Å². The van der Waals surface area contributed by atoms with E-state index in [-0.39, 0.29) is 17.4 Å². The maximum Gasteiger partial charge on any atom is 0.126 e. The van der Waals surface area contributed by atoms with Crippen molar-refractivity contribution in [2.45, 2.75) is 58.5 Å². The molecule has 1 unspecified atom stereocenters. The first-order valence-corrected chi connectivity index (χ1v) is 8.21. The summed E-state index contributed by atoms with van der Waals surface area (Å²) in [5.41, 5.74) is 1.96. The highest BCUT2D eigenvalue weighted by Gasteiger charge is 2.37. The van der Waals surface area contributed by atoms with Gasteiger partial charge >= 0.3 is 0 Å². The summed E-state index contributed by atoms with van der Waals surface area (Å²) < 4.78 is 13.6. The average Bonchev–Trinajstić information content (AvgIpc) is 2.97. The van der Waals surface area contributed by atoms with E-state index in [0.717, 1.165) is 31.6 Å². The number of nitrogens with zero attached hydrogens (tertiary/aromatic N) is 1. The summed E-state index contributed by atoms with van der Waals surface area (Å²) in [6.07, 6.45) is 3.67. The predicted octanol–water partition coefficient (Wildman–Crippen LogP) is 4.05. The zero-order valence-corrected chi connectivity index (χ0v) is 13.9. The van der Waals surface area contributed by atoms with Crippen LogP contribution in [0.4, 0.5) is 4.39 Å². The molecular weight excluding hydrogens is 263 g/mol.